The molecule has 0 bridgehead atoms. The third-order valence-electron chi connectivity index (χ3n) is 3.60. The van der Waals surface area contributed by atoms with Crippen LogP contribution in [-0.4, -0.2) is 16.7 Å². The van der Waals surface area contributed by atoms with E-state index in [-0.39, 0.29) is 12.3 Å². The Morgan fingerprint density at radius 3 is 2.48 bits per heavy atom. The Hall–Kier alpha value is -2.95. The van der Waals surface area contributed by atoms with Crippen molar-refractivity contribution in [1.29, 1.82) is 5.41 Å². The van der Waals surface area contributed by atoms with Crippen LogP contribution in [0.3, 0.4) is 0 Å². The molecule has 0 aliphatic carbocycles. The summed E-state index contributed by atoms with van der Waals surface area (Å²) in [6.45, 7) is 0.177. The predicted octanol–water partition coefficient (Wildman–Crippen LogP) is 2.75. The van der Waals surface area contributed by atoms with E-state index in [0.29, 0.717) is 22.6 Å². The average molecular weight is 280 g/mol. The molecule has 0 atom stereocenters. The van der Waals surface area contributed by atoms with Gasteiger partial charge in [-0.2, -0.15) is 4.73 Å². The van der Waals surface area contributed by atoms with Crippen molar-refractivity contribution in [3.8, 4) is 22.6 Å². The molecule has 0 saturated heterocycles. The Bertz CT molecular complexity index is 901. The number of fused-ring (bicyclic) bond motifs is 2. The van der Waals surface area contributed by atoms with E-state index in [4.69, 9.17) is 14.9 Å². The van der Waals surface area contributed by atoms with Crippen LogP contribution >= 0.6 is 0 Å². The number of rotatable bonds is 1. The first-order valence-electron chi connectivity index (χ1n) is 6.53. The van der Waals surface area contributed by atoms with Gasteiger partial charge in [-0.05, 0) is 17.7 Å². The number of hydrogen-bond donors (Lipinski definition) is 2. The highest BCUT2D eigenvalue weighted by molar-refractivity contribution is 5.87. The Kier molecular flexibility index (Phi) is 2.41. The van der Waals surface area contributed by atoms with Gasteiger partial charge in [-0.25, -0.2) is 0 Å². The smallest absolute Gasteiger partial charge is 0.231 e. The summed E-state index contributed by atoms with van der Waals surface area (Å²) in [6.07, 6.45) is 0. The van der Waals surface area contributed by atoms with Gasteiger partial charge in [-0.1, -0.05) is 30.3 Å². The molecular weight excluding hydrogens is 268 g/mol. The second-order valence-electron chi connectivity index (χ2n) is 4.85. The summed E-state index contributed by atoms with van der Waals surface area (Å²) >= 11 is 0. The Labute approximate surface area is 120 Å². The SMILES string of the molecule is N=c1c(-c2ccccc2)cc2cc3c(cc2n1O)OCO3. The van der Waals surface area contributed by atoms with Crippen molar-refractivity contribution < 1.29 is 14.7 Å². The fourth-order valence-corrected chi connectivity index (χ4v) is 2.54. The zero-order chi connectivity index (χ0) is 14.4. The molecule has 5 heteroatoms. The van der Waals surface area contributed by atoms with Crippen molar-refractivity contribution in [1.82, 2.24) is 4.73 Å². The Balaban J connectivity index is 2.05. The second kappa shape index (κ2) is 4.28. The fraction of sp³-hybridized carbons (Fsp3) is 0.0625. The fourth-order valence-electron chi connectivity index (χ4n) is 2.54. The summed E-state index contributed by atoms with van der Waals surface area (Å²) in [6, 6.07) is 14.9. The molecule has 1 aliphatic heterocycles. The van der Waals surface area contributed by atoms with Crippen LogP contribution in [0, 0.1) is 5.41 Å². The number of hydrogen-bond acceptors (Lipinski definition) is 4. The van der Waals surface area contributed by atoms with E-state index in [1.807, 2.05) is 42.5 Å². The van der Waals surface area contributed by atoms with Crippen LogP contribution in [-0.2, 0) is 0 Å². The van der Waals surface area contributed by atoms with Crippen molar-refractivity contribution in [2.24, 2.45) is 0 Å². The summed E-state index contributed by atoms with van der Waals surface area (Å²) in [5.41, 5.74) is 2.09. The van der Waals surface area contributed by atoms with Gasteiger partial charge in [0.25, 0.3) is 0 Å². The number of nitrogens with zero attached hydrogens (tertiary/aromatic N) is 1. The monoisotopic (exact) mass is 280 g/mol. The minimum Gasteiger partial charge on any atom is -0.454 e. The molecular formula is C16H12N2O3. The molecule has 3 aromatic rings. The molecule has 0 spiro atoms. The number of aromatic nitrogens is 1. The lowest BCUT2D eigenvalue weighted by Crippen LogP contribution is -2.20. The maximum Gasteiger partial charge on any atom is 0.231 e. The van der Waals surface area contributed by atoms with Crippen LogP contribution in [0.4, 0.5) is 0 Å². The average Bonchev–Trinajstić information content (AvgIpc) is 2.97. The van der Waals surface area contributed by atoms with Crippen LogP contribution in [0.2, 0.25) is 0 Å². The predicted molar refractivity (Wildman–Crippen MR) is 76.5 cm³/mol. The largest absolute Gasteiger partial charge is 0.454 e. The molecule has 0 unspecified atom stereocenters. The standard InChI is InChI=1S/C16H12N2O3/c17-16-12(10-4-2-1-3-5-10)6-11-7-14-15(21-9-20-14)8-13(11)18(16)19/h1-8,17,19H,9H2. The van der Waals surface area contributed by atoms with E-state index < -0.39 is 0 Å². The molecule has 21 heavy (non-hydrogen) atoms. The maximum absolute atomic E-state index is 10.3. The van der Waals surface area contributed by atoms with Gasteiger partial charge in [0.1, 0.15) is 0 Å². The minimum absolute atomic E-state index is 0.0348. The van der Waals surface area contributed by atoms with Crippen molar-refractivity contribution in [2.45, 2.75) is 0 Å². The highest BCUT2D eigenvalue weighted by atomic mass is 16.7. The third kappa shape index (κ3) is 1.74. The van der Waals surface area contributed by atoms with Gasteiger partial charge < -0.3 is 14.7 Å². The first-order chi connectivity index (χ1) is 10.2. The lowest BCUT2D eigenvalue weighted by molar-refractivity contribution is 0.173. The van der Waals surface area contributed by atoms with Gasteiger partial charge in [0.05, 0.1) is 5.52 Å². The van der Waals surface area contributed by atoms with Crippen molar-refractivity contribution in [3.05, 3.63) is 54.0 Å². The Morgan fingerprint density at radius 2 is 1.71 bits per heavy atom. The van der Waals surface area contributed by atoms with Gasteiger partial charge in [-0.15, -0.1) is 0 Å². The van der Waals surface area contributed by atoms with Gasteiger partial charge >= 0.3 is 0 Å². The van der Waals surface area contributed by atoms with Gasteiger partial charge in [0, 0.05) is 17.0 Å². The molecule has 2 heterocycles. The van der Waals surface area contributed by atoms with Crippen molar-refractivity contribution in [2.75, 3.05) is 6.79 Å². The minimum atomic E-state index is 0.0348. The molecule has 0 saturated carbocycles. The molecule has 0 fully saturated rings. The molecule has 0 amide bonds. The third-order valence-corrected chi connectivity index (χ3v) is 3.60. The lowest BCUT2D eigenvalue weighted by Gasteiger charge is -2.10. The highest BCUT2D eigenvalue weighted by Crippen LogP contribution is 2.36. The number of benzene rings is 2. The molecule has 1 aromatic heterocycles. The van der Waals surface area contributed by atoms with E-state index in [9.17, 15) is 5.21 Å². The van der Waals surface area contributed by atoms with Crippen LogP contribution in [0.15, 0.2) is 48.5 Å². The highest BCUT2D eigenvalue weighted by Gasteiger charge is 2.17. The summed E-state index contributed by atoms with van der Waals surface area (Å²) in [7, 11) is 0. The number of ether oxygens (including phenoxy) is 2. The number of nitrogens with one attached hydrogen (secondary N) is 1. The Morgan fingerprint density at radius 1 is 1.00 bits per heavy atom. The molecule has 0 radical (unpaired) electrons. The van der Waals surface area contributed by atoms with Crippen molar-refractivity contribution >= 4 is 10.9 Å². The summed E-state index contributed by atoms with van der Waals surface area (Å²) < 4.78 is 11.5. The van der Waals surface area contributed by atoms with Gasteiger partial charge in [-0.3, -0.25) is 5.41 Å². The summed E-state index contributed by atoms with van der Waals surface area (Å²) in [5, 5.41) is 19.2. The van der Waals surface area contributed by atoms with Crippen molar-refractivity contribution in [3.63, 3.8) is 0 Å². The normalized spacial score (nSPS) is 12.8. The second-order valence-corrected chi connectivity index (χ2v) is 4.85. The van der Waals surface area contributed by atoms with E-state index in [0.717, 1.165) is 15.7 Å². The zero-order valence-electron chi connectivity index (χ0n) is 11.0. The summed E-state index contributed by atoms with van der Waals surface area (Å²) in [5.74, 6) is 1.23. The van der Waals surface area contributed by atoms with Crippen LogP contribution in [0.1, 0.15) is 0 Å². The molecule has 2 N–H and O–H groups in total. The molecule has 104 valence electrons. The van der Waals surface area contributed by atoms with E-state index in [1.165, 1.54) is 0 Å². The maximum atomic E-state index is 10.3. The molecule has 2 aromatic carbocycles. The topological polar surface area (TPSA) is 67.5 Å². The first kappa shape index (κ1) is 11.8. The molecule has 4 rings (SSSR count). The number of pyridine rings is 1. The first-order valence-corrected chi connectivity index (χ1v) is 6.53. The van der Waals surface area contributed by atoms with Gasteiger partial charge in [0.15, 0.2) is 17.0 Å². The quantitative estimate of drug-likeness (QED) is 0.673. The lowest BCUT2D eigenvalue weighted by atomic mass is 10.0. The van der Waals surface area contributed by atoms with E-state index in [1.54, 1.807) is 6.07 Å². The molecule has 5 nitrogen and oxygen atoms in total. The van der Waals surface area contributed by atoms with Crippen LogP contribution in [0.5, 0.6) is 11.5 Å². The zero-order valence-corrected chi connectivity index (χ0v) is 11.0. The van der Waals surface area contributed by atoms with E-state index in [2.05, 4.69) is 0 Å². The van der Waals surface area contributed by atoms with E-state index >= 15 is 0 Å². The van der Waals surface area contributed by atoms with Gasteiger partial charge in [0.2, 0.25) is 6.79 Å². The summed E-state index contributed by atoms with van der Waals surface area (Å²) in [4.78, 5) is 0. The molecule has 1 aliphatic rings. The van der Waals surface area contributed by atoms with Crippen LogP contribution < -0.4 is 15.0 Å². The van der Waals surface area contributed by atoms with Crippen LogP contribution in [0.25, 0.3) is 22.0 Å².